The highest BCUT2D eigenvalue weighted by Crippen LogP contribution is 2.18. The van der Waals surface area contributed by atoms with Crippen molar-refractivity contribution in [1.82, 2.24) is 0 Å². The van der Waals surface area contributed by atoms with Crippen LogP contribution in [0.1, 0.15) is 21.5 Å². The molecule has 0 bridgehead atoms. The number of hydrogen-bond donors (Lipinski definition) is 0. The van der Waals surface area contributed by atoms with Gasteiger partial charge in [0.15, 0.2) is 5.78 Å². The number of aryl methyl sites for hydroxylation is 1. The number of ketones is 1. The quantitative estimate of drug-likeness (QED) is 0.599. The van der Waals surface area contributed by atoms with Crippen LogP contribution in [0.15, 0.2) is 53.4 Å². The molecule has 0 spiro atoms. The van der Waals surface area contributed by atoms with Gasteiger partial charge in [-0.2, -0.15) is 0 Å². The van der Waals surface area contributed by atoms with Gasteiger partial charge in [-0.3, -0.25) is 4.79 Å². The Hall–Kier alpha value is -1.54. The maximum atomic E-state index is 12.3. The molecule has 0 radical (unpaired) electrons. The van der Waals surface area contributed by atoms with E-state index in [0.29, 0.717) is 0 Å². The third-order valence-electron chi connectivity index (χ3n) is 2.61. The van der Waals surface area contributed by atoms with Crippen LogP contribution in [0, 0.1) is 6.92 Å². The molecule has 0 saturated carbocycles. The number of carbonyl (C=O) groups excluding carboxylic acids is 1. The van der Waals surface area contributed by atoms with Crippen LogP contribution in [0.4, 0.5) is 0 Å². The van der Waals surface area contributed by atoms with Crippen molar-refractivity contribution in [2.24, 2.45) is 0 Å². The fourth-order valence-corrected chi connectivity index (χ4v) is 2.18. The molecule has 0 atom stereocenters. The fraction of sp³-hybridized carbons (Fsp3) is 0.133. The lowest BCUT2D eigenvalue weighted by Crippen LogP contribution is -2.01. The van der Waals surface area contributed by atoms with Gasteiger partial charge in [0.2, 0.25) is 0 Å². The Morgan fingerprint density at radius 3 is 2.29 bits per heavy atom. The predicted molar refractivity (Wildman–Crippen MR) is 72.8 cm³/mol. The van der Waals surface area contributed by atoms with Gasteiger partial charge in [0, 0.05) is 16.0 Å². The van der Waals surface area contributed by atoms with E-state index >= 15 is 0 Å². The van der Waals surface area contributed by atoms with Gasteiger partial charge < -0.3 is 0 Å². The van der Waals surface area contributed by atoms with Crippen molar-refractivity contribution in [1.29, 1.82) is 0 Å². The molecule has 86 valence electrons. The zero-order valence-corrected chi connectivity index (χ0v) is 10.8. The van der Waals surface area contributed by atoms with E-state index in [4.69, 9.17) is 0 Å². The molecular weight excluding hydrogens is 228 g/mol. The average molecular weight is 242 g/mol. The molecule has 0 aliphatic rings. The lowest BCUT2D eigenvalue weighted by atomic mass is 10.0. The summed E-state index contributed by atoms with van der Waals surface area (Å²) in [5.74, 6) is 0.0876. The van der Waals surface area contributed by atoms with Gasteiger partial charge in [0.25, 0.3) is 0 Å². The van der Waals surface area contributed by atoms with Gasteiger partial charge in [0.1, 0.15) is 0 Å². The minimum atomic E-state index is 0.0876. The summed E-state index contributed by atoms with van der Waals surface area (Å²) in [6, 6.07) is 15.4. The first kappa shape index (κ1) is 11.9. The lowest BCUT2D eigenvalue weighted by molar-refractivity contribution is 0.103. The van der Waals surface area contributed by atoms with Gasteiger partial charge in [-0.15, -0.1) is 11.8 Å². The number of benzene rings is 2. The topological polar surface area (TPSA) is 17.1 Å². The van der Waals surface area contributed by atoms with Gasteiger partial charge >= 0.3 is 0 Å². The number of carbonyl (C=O) groups is 1. The van der Waals surface area contributed by atoms with Crippen LogP contribution in [0.25, 0.3) is 0 Å². The van der Waals surface area contributed by atoms with E-state index in [-0.39, 0.29) is 5.78 Å². The zero-order valence-electron chi connectivity index (χ0n) is 9.94. The molecule has 0 amide bonds. The molecule has 0 aliphatic heterocycles. The predicted octanol–water partition coefficient (Wildman–Crippen LogP) is 3.95. The van der Waals surface area contributed by atoms with Crippen molar-refractivity contribution in [3.8, 4) is 0 Å². The van der Waals surface area contributed by atoms with Crippen LogP contribution < -0.4 is 0 Å². The molecule has 0 aliphatic carbocycles. The second-order valence-electron chi connectivity index (χ2n) is 3.93. The first-order valence-electron chi connectivity index (χ1n) is 5.46. The molecule has 0 aromatic heterocycles. The Bertz CT molecular complexity index is 546. The summed E-state index contributed by atoms with van der Waals surface area (Å²) in [5.41, 5.74) is 2.61. The van der Waals surface area contributed by atoms with Crippen molar-refractivity contribution in [3.63, 3.8) is 0 Å². The van der Waals surface area contributed by atoms with Crippen LogP contribution in [0.3, 0.4) is 0 Å². The largest absolute Gasteiger partial charge is 0.289 e. The third kappa shape index (κ3) is 2.77. The first-order chi connectivity index (χ1) is 8.20. The zero-order chi connectivity index (χ0) is 12.3. The Labute approximate surface area is 106 Å². The van der Waals surface area contributed by atoms with Crippen molar-refractivity contribution >= 4 is 17.5 Å². The molecular formula is C15H14OS. The molecule has 2 rings (SSSR count). The van der Waals surface area contributed by atoms with Crippen LogP contribution in [-0.2, 0) is 0 Å². The normalized spacial score (nSPS) is 10.2. The van der Waals surface area contributed by atoms with Gasteiger partial charge in [-0.05, 0) is 31.4 Å². The number of rotatable bonds is 3. The lowest BCUT2D eigenvalue weighted by Gasteiger charge is -2.04. The summed E-state index contributed by atoms with van der Waals surface area (Å²) in [6.45, 7) is 2.00. The third-order valence-corrected chi connectivity index (χ3v) is 3.34. The highest BCUT2D eigenvalue weighted by atomic mass is 32.2. The van der Waals surface area contributed by atoms with E-state index in [9.17, 15) is 4.79 Å². The molecule has 0 saturated heterocycles. The van der Waals surface area contributed by atoms with E-state index in [0.717, 1.165) is 21.6 Å². The fourth-order valence-electron chi connectivity index (χ4n) is 1.72. The monoisotopic (exact) mass is 242 g/mol. The van der Waals surface area contributed by atoms with Gasteiger partial charge in [-0.1, -0.05) is 35.9 Å². The molecule has 2 heteroatoms. The maximum absolute atomic E-state index is 12.3. The Morgan fingerprint density at radius 1 is 1.00 bits per heavy atom. The average Bonchev–Trinajstić information content (AvgIpc) is 2.38. The Morgan fingerprint density at radius 2 is 1.65 bits per heavy atom. The van der Waals surface area contributed by atoms with Gasteiger partial charge in [-0.25, -0.2) is 0 Å². The highest BCUT2D eigenvalue weighted by Gasteiger charge is 2.09. The summed E-state index contributed by atoms with van der Waals surface area (Å²) in [6.07, 6.45) is 2.01. The summed E-state index contributed by atoms with van der Waals surface area (Å²) in [5, 5.41) is 0. The van der Waals surface area contributed by atoms with Crippen molar-refractivity contribution in [3.05, 3.63) is 65.2 Å². The molecule has 0 unspecified atom stereocenters. The minimum Gasteiger partial charge on any atom is -0.289 e. The second kappa shape index (κ2) is 5.19. The van der Waals surface area contributed by atoms with Crippen LogP contribution in [0.2, 0.25) is 0 Å². The summed E-state index contributed by atoms with van der Waals surface area (Å²) >= 11 is 1.65. The molecule has 1 nitrogen and oxygen atoms in total. The Kier molecular flexibility index (Phi) is 3.64. The number of hydrogen-bond acceptors (Lipinski definition) is 2. The SMILES string of the molecule is CSc1cccc(C(=O)c2cccc(C)c2)c1. The van der Waals surface area contributed by atoms with Crippen molar-refractivity contribution < 1.29 is 4.79 Å². The first-order valence-corrected chi connectivity index (χ1v) is 6.68. The van der Waals surface area contributed by atoms with Crippen molar-refractivity contribution in [2.45, 2.75) is 11.8 Å². The smallest absolute Gasteiger partial charge is 0.193 e. The molecule has 17 heavy (non-hydrogen) atoms. The highest BCUT2D eigenvalue weighted by molar-refractivity contribution is 7.98. The van der Waals surface area contributed by atoms with Crippen LogP contribution >= 0.6 is 11.8 Å². The molecule has 0 N–H and O–H groups in total. The van der Waals surface area contributed by atoms with E-state index in [1.165, 1.54) is 0 Å². The molecule has 0 heterocycles. The van der Waals surface area contributed by atoms with Crippen LogP contribution in [0.5, 0.6) is 0 Å². The molecule has 0 fully saturated rings. The maximum Gasteiger partial charge on any atom is 0.193 e. The second-order valence-corrected chi connectivity index (χ2v) is 4.81. The number of thioether (sulfide) groups is 1. The van der Waals surface area contributed by atoms with Gasteiger partial charge in [0.05, 0.1) is 0 Å². The van der Waals surface area contributed by atoms with E-state index in [1.807, 2.05) is 61.7 Å². The van der Waals surface area contributed by atoms with E-state index in [2.05, 4.69) is 0 Å². The van der Waals surface area contributed by atoms with Crippen molar-refractivity contribution in [2.75, 3.05) is 6.26 Å². The van der Waals surface area contributed by atoms with E-state index in [1.54, 1.807) is 11.8 Å². The Balaban J connectivity index is 2.36. The molecule has 2 aromatic carbocycles. The standard InChI is InChI=1S/C15H14OS/c1-11-5-3-6-12(9-11)15(16)13-7-4-8-14(10-13)17-2/h3-10H,1-2H3. The summed E-state index contributed by atoms with van der Waals surface area (Å²) in [7, 11) is 0. The minimum absolute atomic E-state index is 0.0876. The summed E-state index contributed by atoms with van der Waals surface area (Å²) in [4.78, 5) is 13.4. The van der Waals surface area contributed by atoms with Crippen LogP contribution in [-0.4, -0.2) is 12.0 Å². The van der Waals surface area contributed by atoms with E-state index < -0.39 is 0 Å². The molecule has 2 aromatic rings. The summed E-state index contributed by atoms with van der Waals surface area (Å²) < 4.78 is 0.